The summed E-state index contributed by atoms with van der Waals surface area (Å²) in [5, 5.41) is 2.85. The third-order valence-electron chi connectivity index (χ3n) is 2.85. The molecule has 19 heavy (non-hydrogen) atoms. The minimum Gasteiger partial charge on any atom is -0.383 e. The van der Waals surface area contributed by atoms with Gasteiger partial charge < -0.3 is 11.1 Å². The highest BCUT2D eigenvalue weighted by Crippen LogP contribution is 2.06. The lowest BCUT2D eigenvalue weighted by Gasteiger charge is -2.06. The number of nitrogens with zero attached hydrogens (tertiary/aromatic N) is 1. The van der Waals surface area contributed by atoms with Crippen LogP contribution in [0.2, 0.25) is 0 Å². The predicted molar refractivity (Wildman–Crippen MR) is 75.7 cm³/mol. The first-order valence-corrected chi connectivity index (χ1v) is 6.30. The zero-order valence-electron chi connectivity index (χ0n) is 10.7. The van der Waals surface area contributed by atoms with Gasteiger partial charge in [-0.05, 0) is 30.5 Å². The van der Waals surface area contributed by atoms with E-state index in [1.54, 1.807) is 18.3 Å². The minimum absolute atomic E-state index is 0.168. The topological polar surface area (TPSA) is 68.0 Å². The molecule has 0 aliphatic rings. The second-order valence-electron chi connectivity index (χ2n) is 4.28. The van der Waals surface area contributed by atoms with Crippen LogP contribution in [0.5, 0.6) is 0 Å². The number of carbonyl (C=O) groups is 1. The van der Waals surface area contributed by atoms with Crippen LogP contribution in [-0.4, -0.2) is 17.4 Å². The number of nitrogens with one attached hydrogen (secondary N) is 1. The van der Waals surface area contributed by atoms with Gasteiger partial charge in [0.15, 0.2) is 0 Å². The summed E-state index contributed by atoms with van der Waals surface area (Å²) in [5.74, 6) is 0.0988. The highest BCUT2D eigenvalue weighted by Gasteiger charge is 2.08. The van der Waals surface area contributed by atoms with E-state index in [0.29, 0.717) is 12.1 Å². The summed E-state index contributed by atoms with van der Waals surface area (Å²) in [6.45, 7) is 0.627. The van der Waals surface area contributed by atoms with E-state index in [2.05, 4.69) is 22.4 Å². The van der Waals surface area contributed by atoms with Gasteiger partial charge in [-0.3, -0.25) is 4.79 Å². The van der Waals surface area contributed by atoms with Crippen molar-refractivity contribution in [3.05, 3.63) is 59.8 Å². The van der Waals surface area contributed by atoms with E-state index in [1.165, 1.54) is 5.56 Å². The number of aryl methyl sites for hydroxylation is 1. The highest BCUT2D eigenvalue weighted by molar-refractivity contribution is 5.98. The Kier molecular flexibility index (Phi) is 4.50. The maximum absolute atomic E-state index is 11.8. The maximum Gasteiger partial charge on any atom is 0.255 e. The number of hydrogen-bond donors (Lipinski definition) is 2. The largest absolute Gasteiger partial charge is 0.383 e. The molecule has 0 radical (unpaired) electrons. The first kappa shape index (κ1) is 13.1. The van der Waals surface area contributed by atoms with Crippen molar-refractivity contribution in [3.63, 3.8) is 0 Å². The van der Waals surface area contributed by atoms with E-state index in [-0.39, 0.29) is 11.7 Å². The molecule has 1 heterocycles. The summed E-state index contributed by atoms with van der Waals surface area (Å²) in [7, 11) is 0. The number of carbonyl (C=O) groups excluding carboxylic acids is 1. The summed E-state index contributed by atoms with van der Waals surface area (Å²) in [6, 6.07) is 13.6. The fourth-order valence-electron chi connectivity index (χ4n) is 1.84. The van der Waals surface area contributed by atoms with E-state index in [1.807, 2.05) is 18.2 Å². The van der Waals surface area contributed by atoms with Gasteiger partial charge in [-0.2, -0.15) is 0 Å². The minimum atomic E-state index is -0.168. The molecule has 0 aliphatic heterocycles. The van der Waals surface area contributed by atoms with E-state index in [0.717, 1.165) is 12.8 Å². The number of hydrogen-bond acceptors (Lipinski definition) is 3. The van der Waals surface area contributed by atoms with Gasteiger partial charge in [-0.1, -0.05) is 30.3 Å². The first-order valence-electron chi connectivity index (χ1n) is 6.30. The smallest absolute Gasteiger partial charge is 0.255 e. The standard InChI is InChI=1S/C15H17N3O/c16-14-13(9-5-10-17-14)15(19)18-11-4-8-12-6-2-1-3-7-12/h1-3,5-7,9-10H,4,8,11H2,(H2,16,17)(H,18,19). The normalized spacial score (nSPS) is 10.1. The Hall–Kier alpha value is -2.36. The van der Waals surface area contributed by atoms with Gasteiger partial charge >= 0.3 is 0 Å². The van der Waals surface area contributed by atoms with Crippen molar-refractivity contribution < 1.29 is 4.79 Å². The molecule has 0 fully saturated rings. The van der Waals surface area contributed by atoms with Crippen molar-refractivity contribution in [2.45, 2.75) is 12.8 Å². The Morgan fingerprint density at radius 2 is 1.95 bits per heavy atom. The summed E-state index contributed by atoms with van der Waals surface area (Å²) in [6.07, 6.45) is 3.42. The van der Waals surface area contributed by atoms with E-state index >= 15 is 0 Å². The van der Waals surface area contributed by atoms with Crippen molar-refractivity contribution in [3.8, 4) is 0 Å². The van der Waals surface area contributed by atoms with E-state index in [9.17, 15) is 4.79 Å². The fourth-order valence-corrected chi connectivity index (χ4v) is 1.84. The van der Waals surface area contributed by atoms with Gasteiger partial charge in [0.05, 0.1) is 5.56 Å². The third kappa shape index (κ3) is 3.81. The van der Waals surface area contributed by atoms with Gasteiger partial charge in [0.1, 0.15) is 5.82 Å². The summed E-state index contributed by atoms with van der Waals surface area (Å²) in [5.41, 5.74) is 7.35. The summed E-state index contributed by atoms with van der Waals surface area (Å²) in [4.78, 5) is 15.7. The SMILES string of the molecule is Nc1ncccc1C(=O)NCCCc1ccccc1. The zero-order valence-corrected chi connectivity index (χ0v) is 10.7. The van der Waals surface area contributed by atoms with Gasteiger partial charge in [0.2, 0.25) is 0 Å². The highest BCUT2D eigenvalue weighted by atomic mass is 16.1. The van der Waals surface area contributed by atoms with Gasteiger partial charge in [0, 0.05) is 12.7 Å². The Morgan fingerprint density at radius 3 is 2.68 bits per heavy atom. The number of aromatic nitrogens is 1. The number of benzene rings is 1. The molecule has 0 unspecified atom stereocenters. The Labute approximate surface area is 112 Å². The molecule has 0 bridgehead atoms. The molecule has 2 aromatic rings. The lowest BCUT2D eigenvalue weighted by atomic mass is 10.1. The van der Waals surface area contributed by atoms with Crippen molar-refractivity contribution in [2.75, 3.05) is 12.3 Å². The molecule has 2 rings (SSSR count). The van der Waals surface area contributed by atoms with E-state index < -0.39 is 0 Å². The zero-order chi connectivity index (χ0) is 13.5. The van der Waals surface area contributed by atoms with Crippen LogP contribution in [0.4, 0.5) is 5.82 Å². The number of rotatable bonds is 5. The van der Waals surface area contributed by atoms with Crippen LogP contribution in [0.25, 0.3) is 0 Å². The van der Waals surface area contributed by atoms with Gasteiger partial charge in [0.25, 0.3) is 5.91 Å². The lowest BCUT2D eigenvalue weighted by Crippen LogP contribution is -2.25. The fraction of sp³-hybridized carbons (Fsp3) is 0.200. The average Bonchev–Trinajstić information content (AvgIpc) is 2.45. The van der Waals surface area contributed by atoms with Crippen molar-refractivity contribution in [2.24, 2.45) is 0 Å². The number of nitrogen functional groups attached to an aromatic ring is 1. The van der Waals surface area contributed by atoms with Crippen LogP contribution in [0.1, 0.15) is 22.3 Å². The molecule has 98 valence electrons. The van der Waals surface area contributed by atoms with Gasteiger partial charge in [-0.25, -0.2) is 4.98 Å². The Bertz CT molecular complexity index is 540. The summed E-state index contributed by atoms with van der Waals surface area (Å²) < 4.78 is 0. The number of nitrogens with two attached hydrogens (primary N) is 1. The Morgan fingerprint density at radius 1 is 1.16 bits per heavy atom. The molecular formula is C15H17N3O. The predicted octanol–water partition coefficient (Wildman–Crippen LogP) is 2.03. The third-order valence-corrected chi connectivity index (χ3v) is 2.85. The molecule has 0 atom stereocenters. The average molecular weight is 255 g/mol. The number of pyridine rings is 1. The van der Waals surface area contributed by atoms with Crippen LogP contribution in [0.3, 0.4) is 0 Å². The van der Waals surface area contributed by atoms with Crippen LogP contribution < -0.4 is 11.1 Å². The monoisotopic (exact) mass is 255 g/mol. The first-order chi connectivity index (χ1) is 9.27. The molecule has 1 aromatic carbocycles. The molecule has 0 spiro atoms. The summed E-state index contributed by atoms with van der Waals surface area (Å²) >= 11 is 0. The second-order valence-corrected chi connectivity index (χ2v) is 4.28. The second kappa shape index (κ2) is 6.54. The van der Waals surface area contributed by atoms with Crippen LogP contribution in [0, 0.1) is 0 Å². The molecular weight excluding hydrogens is 238 g/mol. The quantitative estimate of drug-likeness (QED) is 0.803. The Balaban J connectivity index is 1.77. The molecule has 0 saturated heterocycles. The molecule has 0 aliphatic carbocycles. The number of anilines is 1. The molecule has 3 N–H and O–H groups in total. The molecule has 4 nitrogen and oxygen atoms in total. The van der Waals surface area contributed by atoms with Crippen molar-refractivity contribution >= 4 is 11.7 Å². The molecule has 0 saturated carbocycles. The van der Waals surface area contributed by atoms with Crippen LogP contribution in [0.15, 0.2) is 48.7 Å². The lowest BCUT2D eigenvalue weighted by molar-refractivity contribution is 0.0954. The molecule has 1 aromatic heterocycles. The van der Waals surface area contributed by atoms with Crippen LogP contribution in [-0.2, 0) is 6.42 Å². The van der Waals surface area contributed by atoms with Crippen molar-refractivity contribution in [1.82, 2.24) is 10.3 Å². The van der Waals surface area contributed by atoms with Crippen LogP contribution >= 0.6 is 0 Å². The van der Waals surface area contributed by atoms with Gasteiger partial charge in [-0.15, -0.1) is 0 Å². The molecule has 4 heteroatoms. The maximum atomic E-state index is 11.8. The van der Waals surface area contributed by atoms with E-state index in [4.69, 9.17) is 5.73 Å². The number of amides is 1. The molecule has 1 amide bonds. The van der Waals surface area contributed by atoms with Crippen molar-refractivity contribution in [1.29, 1.82) is 0 Å².